The Morgan fingerprint density at radius 3 is 2.03 bits per heavy atom. The molecule has 0 spiro atoms. The molecule has 0 atom stereocenters. The van der Waals surface area contributed by atoms with E-state index in [1.165, 1.54) is 5.92 Å². The normalized spacial score (nSPS) is 18.9. The third kappa shape index (κ3) is 6.43. The molecule has 1 nitrogen and oxygen atoms in total. The monoisotopic (exact) mass is 490 g/mol. The van der Waals surface area contributed by atoms with E-state index in [0.29, 0.717) is 49.8 Å². The molecule has 1 fully saturated rings. The van der Waals surface area contributed by atoms with Gasteiger partial charge in [0.05, 0.1) is 11.5 Å². The van der Waals surface area contributed by atoms with E-state index < -0.39 is 47.0 Å². The van der Waals surface area contributed by atoms with Crippen molar-refractivity contribution in [2.45, 2.75) is 57.7 Å². The summed E-state index contributed by atoms with van der Waals surface area (Å²) in [5.41, 5.74) is -1.80. The molecule has 34 heavy (non-hydrogen) atoms. The van der Waals surface area contributed by atoms with Gasteiger partial charge in [0.15, 0.2) is 0 Å². The molecule has 0 aliphatic heterocycles. The van der Waals surface area contributed by atoms with E-state index in [0.717, 1.165) is 30.9 Å². The first kappa shape index (κ1) is 25.9. The summed E-state index contributed by atoms with van der Waals surface area (Å²) in [4.78, 5) is 0. The minimum atomic E-state index is -4.95. The van der Waals surface area contributed by atoms with Crippen LogP contribution in [0.15, 0.2) is 30.3 Å². The maximum atomic E-state index is 14.6. The zero-order valence-corrected chi connectivity index (χ0v) is 18.2. The van der Waals surface area contributed by atoms with Gasteiger partial charge in [0, 0.05) is 17.6 Å². The predicted octanol–water partition coefficient (Wildman–Crippen LogP) is 8.26. The summed E-state index contributed by atoms with van der Waals surface area (Å²) in [7, 11) is 0. The van der Waals surface area contributed by atoms with Gasteiger partial charge in [-0.15, -0.1) is 0 Å². The first-order valence-electron chi connectivity index (χ1n) is 10.8. The zero-order chi connectivity index (χ0) is 25.1. The molecule has 1 aliphatic rings. The average molecular weight is 490 g/mol. The lowest BCUT2D eigenvalue weighted by Gasteiger charge is -2.33. The minimum absolute atomic E-state index is 0.292. The van der Waals surface area contributed by atoms with E-state index in [1.807, 2.05) is 6.92 Å². The van der Waals surface area contributed by atoms with Gasteiger partial charge in [-0.3, -0.25) is 0 Å². The van der Waals surface area contributed by atoms with E-state index in [4.69, 9.17) is 4.74 Å². The van der Waals surface area contributed by atoms with Gasteiger partial charge in [-0.1, -0.05) is 25.7 Å². The quantitative estimate of drug-likeness (QED) is 0.293. The van der Waals surface area contributed by atoms with Crippen LogP contribution in [0.1, 0.15) is 51.0 Å². The van der Waals surface area contributed by atoms with Gasteiger partial charge < -0.3 is 4.74 Å². The molecule has 0 heterocycles. The molecule has 1 saturated carbocycles. The Hall–Kier alpha value is -2.76. The molecule has 0 N–H and O–H groups in total. The van der Waals surface area contributed by atoms with E-state index in [9.17, 15) is 35.1 Å². The predicted molar refractivity (Wildman–Crippen MR) is 111 cm³/mol. The van der Waals surface area contributed by atoms with Gasteiger partial charge in [0.2, 0.25) is 0 Å². The van der Waals surface area contributed by atoms with Crippen molar-refractivity contribution in [3.8, 4) is 28.7 Å². The van der Waals surface area contributed by atoms with Gasteiger partial charge in [-0.2, -0.15) is 22.0 Å². The van der Waals surface area contributed by atoms with Crippen molar-refractivity contribution in [3.63, 3.8) is 0 Å². The number of hydrogen-bond donors (Lipinski definition) is 0. The second-order valence-electron chi connectivity index (χ2n) is 8.37. The third-order valence-electron chi connectivity index (χ3n) is 5.90. The Labute approximate surface area is 192 Å². The summed E-state index contributed by atoms with van der Waals surface area (Å²) < 4.78 is 114. The van der Waals surface area contributed by atoms with E-state index in [1.54, 1.807) is 0 Å². The van der Waals surface area contributed by atoms with E-state index in [2.05, 4.69) is 0 Å². The minimum Gasteiger partial charge on any atom is -0.432 e. The lowest BCUT2D eigenvalue weighted by Crippen LogP contribution is -2.37. The number of ether oxygens (including phenoxy) is 1. The Morgan fingerprint density at radius 1 is 0.882 bits per heavy atom. The van der Waals surface area contributed by atoms with Crippen LogP contribution in [0.4, 0.5) is 35.1 Å². The Morgan fingerprint density at radius 2 is 1.50 bits per heavy atom. The molecule has 0 saturated heterocycles. The smallest absolute Gasteiger partial charge is 0.432 e. The molecule has 2 aromatic carbocycles. The summed E-state index contributed by atoms with van der Waals surface area (Å²) in [6, 6.07) is 3.97. The largest absolute Gasteiger partial charge is 0.458 e. The van der Waals surface area contributed by atoms with Crippen LogP contribution in [0.5, 0.6) is 5.75 Å². The summed E-state index contributed by atoms with van der Waals surface area (Å²) in [5, 5.41) is 0. The molecule has 0 aromatic heterocycles. The number of rotatable bonds is 6. The summed E-state index contributed by atoms with van der Waals surface area (Å²) in [6.45, 7) is 2.04. The first-order valence-corrected chi connectivity index (χ1v) is 10.8. The Kier molecular flexibility index (Phi) is 7.79. The molecule has 2 aromatic rings. The van der Waals surface area contributed by atoms with Gasteiger partial charge in [-0.05, 0) is 61.4 Å². The fourth-order valence-electron chi connectivity index (χ4n) is 4.21. The summed E-state index contributed by atoms with van der Waals surface area (Å²) in [5.74, 6) is -2.83. The fourth-order valence-corrected chi connectivity index (χ4v) is 4.21. The van der Waals surface area contributed by atoms with Crippen LogP contribution in [-0.4, -0.2) is 12.3 Å². The van der Waals surface area contributed by atoms with Crippen LogP contribution in [0, 0.1) is 41.1 Å². The standard InChI is InChI=1S/C25H22F8O/c1-2-3-15-4-6-17(7-5-15)25(32,33)34-18-8-9-19(23(28)14-18)16-12-21(26)20(22(27)13-16)10-11-24(29,30)31/h8-9,12-15,17H,2-7H2,1H3. The van der Waals surface area contributed by atoms with Crippen LogP contribution >= 0.6 is 0 Å². The molecule has 3 rings (SSSR count). The molecular formula is C25H22F8O. The van der Waals surface area contributed by atoms with Crippen molar-refractivity contribution in [2.75, 3.05) is 0 Å². The average Bonchev–Trinajstić information content (AvgIpc) is 2.72. The maximum absolute atomic E-state index is 14.6. The van der Waals surface area contributed by atoms with Crippen molar-refractivity contribution in [1.29, 1.82) is 0 Å². The van der Waals surface area contributed by atoms with Crippen LogP contribution in [-0.2, 0) is 0 Å². The van der Waals surface area contributed by atoms with Gasteiger partial charge in [0.1, 0.15) is 23.2 Å². The second kappa shape index (κ2) is 10.2. The van der Waals surface area contributed by atoms with Crippen molar-refractivity contribution in [2.24, 2.45) is 11.8 Å². The van der Waals surface area contributed by atoms with Gasteiger partial charge in [-0.25, -0.2) is 13.2 Å². The van der Waals surface area contributed by atoms with E-state index in [-0.39, 0.29) is 11.1 Å². The Balaban J connectivity index is 1.77. The molecular weight excluding hydrogens is 468 g/mol. The number of halogens is 8. The van der Waals surface area contributed by atoms with Crippen LogP contribution in [0.25, 0.3) is 11.1 Å². The van der Waals surface area contributed by atoms with Crippen LogP contribution < -0.4 is 4.74 Å². The number of hydrogen-bond acceptors (Lipinski definition) is 1. The zero-order valence-electron chi connectivity index (χ0n) is 18.2. The third-order valence-corrected chi connectivity index (χ3v) is 5.90. The molecule has 9 heteroatoms. The molecule has 0 unspecified atom stereocenters. The highest BCUT2D eigenvalue weighted by atomic mass is 19.4. The van der Waals surface area contributed by atoms with Gasteiger partial charge >= 0.3 is 12.3 Å². The molecule has 0 radical (unpaired) electrons. The second-order valence-corrected chi connectivity index (χ2v) is 8.37. The highest BCUT2D eigenvalue weighted by molar-refractivity contribution is 5.66. The lowest BCUT2D eigenvalue weighted by molar-refractivity contribution is -0.223. The fraction of sp³-hybridized carbons (Fsp3) is 0.440. The molecule has 0 amide bonds. The molecule has 0 bridgehead atoms. The lowest BCUT2D eigenvalue weighted by atomic mass is 9.79. The molecule has 1 aliphatic carbocycles. The molecule has 184 valence electrons. The topological polar surface area (TPSA) is 9.23 Å². The Bertz CT molecular complexity index is 1050. The summed E-state index contributed by atoms with van der Waals surface area (Å²) in [6.07, 6.45) is -4.55. The van der Waals surface area contributed by atoms with Crippen molar-refractivity contribution in [3.05, 3.63) is 53.3 Å². The number of benzene rings is 2. The SMILES string of the molecule is CCCC1CCC(C(F)(F)Oc2ccc(-c3cc(F)c(C#CC(F)(F)F)c(F)c3)c(F)c2)CC1. The van der Waals surface area contributed by atoms with Gasteiger partial charge in [0.25, 0.3) is 0 Å². The highest BCUT2D eigenvalue weighted by Gasteiger charge is 2.44. The van der Waals surface area contributed by atoms with Crippen molar-refractivity contribution < 1.29 is 39.9 Å². The van der Waals surface area contributed by atoms with Crippen molar-refractivity contribution >= 4 is 0 Å². The van der Waals surface area contributed by atoms with Crippen molar-refractivity contribution in [1.82, 2.24) is 0 Å². The highest BCUT2D eigenvalue weighted by Crippen LogP contribution is 2.41. The summed E-state index contributed by atoms with van der Waals surface area (Å²) >= 11 is 0. The van der Waals surface area contributed by atoms with E-state index >= 15 is 0 Å². The first-order chi connectivity index (χ1) is 15.9. The number of alkyl halides is 5. The maximum Gasteiger partial charge on any atom is 0.458 e. The van der Waals surface area contributed by atoms with Crippen LogP contribution in [0.3, 0.4) is 0 Å². The van der Waals surface area contributed by atoms with Crippen LogP contribution in [0.2, 0.25) is 0 Å².